The van der Waals surface area contributed by atoms with Gasteiger partial charge in [0.05, 0.1) is 0 Å². The van der Waals surface area contributed by atoms with E-state index in [0.717, 1.165) is 19.6 Å². The van der Waals surface area contributed by atoms with E-state index in [1.165, 1.54) is 0 Å². The smallest absolute Gasteiger partial charge is 0.238 e. The van der Waals surface area contributed by atoms with Crippen LogP contribution in [0, 0.1) is 5.92 Å². The number of amides is 2. The van der Waals surface area contributed by atoms with Crippen molar-refractivity contribution in [3.8, 4) is 0 Å². The predicted molar refractivity (Wildman–Crippen MR) is 64.8 cm³/mol. The van der Waals surface area contributed by atoms with Crippen molar-refractivity contribution < 1.29 is 37.3 Å². The van der Waals surface area contributed by atoms with E-state index in [9.17, 15) is 9.59 Å². The van der Waals surface area contributed by atoms with Crippen molar-refractivity contribution in [3.05, 3.63) is 0 Å². The summed E-state index contributed by atoms with van der Waals surface area (Å²) in [6.07, 6.45) is 0.530. The Morgan fingerprint density at radius 2 is 1.65 bits per heavy atom. The monoisotopic (exact) mass is 445 g/mol. The molecule has 1 aliphatic rings. The molecule has 17 heavy (non-hydrogen) atoms. The maximum absolute atomic E-state index is 11.5. The van der Waals surface area contributed by atoms with Crippen LogP contribution in [0.3, 0.4) is 0 Å². The second kappa shape index (κ2) is 8.10. The zero-order valence-electron chi connectivity index (χ0n) is 10.3. The van der Waals surface area contributed by atoms with Gasteiger partial charge in [-0.1, -0.05) is 13.8 Å². The average molecular weight is 444 g/mol. The molecule has 0 bridgehead atoms. The standard InChI is InChI=1S/C10H17N3O2S.Hg/c1-3-13(4-2)6-5-7-8(14)11-10(16)12-9(7)15;/h7H,3-6H2,1-2H3,(H2,11,12,14,15,16);. The normalized spacial score (nSPS) is 16.5. The maximum Gasteiger partial charge on any atom is 0.238 e. The second-order valence-corrected chi connectivity index (χ2v) is 4.08. The average Bonchev–Trinajstić information content (AvgIpc) is 2.22. The molecule has 0 spiro atoms. The quantitative estimate of drug-likeness (QED) is 0.353. The van der Waals surface area contributed by atoms with Crippen molar-refractivity contribution >= 4 is 29.1 Å². The molecule has 0 atom stereocenters. The Labute approximate surface area is 127 Å². The van der Waals surface area contributed by atoms with Gasteiger partial charge in [-0.15, -0.1) is 0 Å². The first-order valence-electron chi connectivity index (χ1n) is 5.46. The summed E-state index contributed by atoms with van der Waals surface area (Å²) in [7, 11) is 0. The molecular formula is C10H17HgN3O2S. The summed E-state index contributed by atoms with van der Waals surface area (Å²) in [5.74, 6) is -1.20. The molecule has 5 nitrogen and oxygen atoms in total. The van der Waals surface area contributed by atoms with E-state index in [1.807, 2.05) is 0 Å². The third-order valence-electron chi connectivity index (χ3n) is 2.73. The molecular weight excluding hydrogens is 427 g/mol. The second-order valence-electron chi connectivity index (χ2n) is 3.68. The molecule has 0 saturated carbocycles. The van der Waals surface area contributed by atoms with Crippen molar-refractivity contribution in [1.82, 2.24) is 15.5 Å². The van der Waals surface area contributed by atoms with Crippen molar-refractivity contribution in [1.29, 1.82) is 0 Å². The molecule has 2 N–H and O–H groups in total. The number of rotatable bonds is 5. The zero-order chi connectivity index (χ0) is 12.1. The van der Waals surface area contributed by atoms with E-state index in [-0.39, 0.29) is 44.6 Å². The van der Waals surface area contributed by atoms with Gasteiger partial charge in [0.25, 0.3) is 0 Å². The van der Waals surface area contributed by atoms with E-state index in [1.54, 1.807) is 0 Å². The summed E-state index contributed by atoms with van der Waals surface area (Å²) in [5.41, 5.74) is 0. The van der Waals surface area contributed by atoms with Crippen LogP contribution in [-0.2, 0) is 37.3 Å². The molecule has 0 aromatic carbocycles. The Morgan fingerprint density at radius 1 is 1.18 bits per heavy atom. The molecule has 7 heteroatoms. The fourth-order valence-corrected chi connectivity index (χ4v) is 1.86. The van der Waals surface area contributed by atoms with E-state index >= 15 is 0 Å². The number of hydrogen-bond acceptors (Lipinski definition) is 4. The summed E-state index contributed by atoms with van der Waals surface area (Å²) >= 11 is 4.72. The third kappa shape index (κ3) is 4.97. The molecule has 2 amide bonds. The summed E-state index contributed by atoms with van der Waals surface area (Å²) in [4.78, 5) is 25.2. The predicted octanol–water partition coefficient (Wildman–Crippen LogP) is -0.137. The van der Waals surface area contributed by atoms with Gasteiger partial charge in [0, 0.05) is 27.7 Å². The van der Waals surface area contributed by atoms with Crippen LogP contribution >= 0.6 is 12.2 Å². The van der Waals surface area contributed by atoms with Crippen molar-refractivity contribution in [2.75, 3.05) is 19.6 Å². The Balaban J connectivity index is 0.00000256. The summed E-state index contributed by atoms with van der Waals surface area (Å²) in [5, 5.41) is 5.03. The third-order valence-corrected chi connectivity index (χ3v) is 2.94. The van der Waals surface area contributed by atoms with E-state index in [2.05, 4.69) is 29.4 Å². The van der Waals surface area contributed by atoms with E-state index in [4.69, 9.17) is 12.2 Å². The molecule has 1 fully saturated rings. The van der Waals surface area contributed by atoms with Crippen molar-refractivity contribution in [2.45, 2.75) is 20.3 Å². The summed E-state index contributed by atoms with van der Waals surface area (Å²) < 4.78 is 0. The molecule has 0 aliphatic carbocycles. The Morgan fingerprint density at radius 3 is 2.06 bits per heavy atom. The van der Waals surface area contributed by atoms with Gasteiger partial charge in [0.2, 0.25) is 11.8 Å². The molecule has 0 radical (unpaired) electrons. The van der Waals surface area contributed by atoms with Gasteiger partial charge < -0.3 is 15.5 Å². The number of nitrogens with one attached hydrogen (secondary N) is 2. The van der Waals surface area contributed by atoms with Crippen LogP contribution in [0.5, 0.6) is 0 Å². The number of carbonyl (C=O) groups excluding carboxylic acids is 2. The molecule has 0 unspecified atom stereocenters. The van der Waals surface area contributed by atoms with E-state index in [0.29, 0.717) is 6.42 Å². The maximum atomic E-state index is 11.5. The van der Waals surface area contributed by atoms with Gasteiger partial charge in [-0.3, -0.25) is 9.59 Å². The van der Waals surface area contributed by atoms with Crippen molar-refractivity contribution in [3.63, 3.8) is 0 Å². The minimum Gasteiger partial charge on any atom is -0.304 e. The van der Waals surface area contributed by atoms with Crippen LogP contribution in [0.4, 0.5) is 0 Å². The van der Waals surface area contributed by atoms with Crippen molar-refractivity contribution in [2.24, 2.45) is 5.92 Å². The number of nitrogens with zero attached hydrogens (tertiary/aromatic N) is 1. The van der Waals surface area contributed by atoms with Gasteiger partial charge in [-0.2, -0.15) is 0 Å². The SMILES string of the molecule is CCN(CC)CCC1C(=O)NC(=S)NC1=O.[Hg]. The first-order valence-corrected chi connectivity index (χ1v) is 5.87. The number of hydrogen-bond donors (Lipinski definition) is 2. The summed E-state index contributed by atoms with van der Waals surface area (Å²) in [6, 6.07) is 0. The fraction of sp³-hybridized carbons (Fsp3) is 0.700. The van der Waals surface area contributed by atoms with Gasteiger partial charge >= 0.3 is 0 Å². The minimum atomic E-state index is -0.618. The molecule has 0 aromatic heterocycles. The number of thiocarbonyl (C=S) groups is 1. The topological polar surface area (TPSA) is 61.4 Å². The van der Waals surface area contributed by atoms with Gasteiger partial charge in [0.1, 0.15) is 5.92 Å². The molecule has 1 saturated heterocycles. The summed E-state index contributed by atoms with van der Waals surface area (Å²) in [6.45, 7) is 6.69. The molecule has 1 aliphatic heterocycles. The van der Waals surface area contributed by atoms with Crippen LogP contribution in [-0.4, -0.2) is 41.5 Å². The van der Waals surface area contributed by atoms with Gasteiger partial charge in [-0.05, 0) is 38.3 Å². The van der Waals surface area contributed by atoms with Crippen LogP contribution in [0.1, 0.15) is 20.3 Å². The first kappa shape index (κ1) is 16.9. The molecule has 1 heterocycles. The molecule has 92 valence electrons. The first-order chi connectivity index (χ1) is 7.58. The van der Waals surface area contributed by atoms with Crippen LogP contribution < -0.4 is 10.6 Å². The Bertz CT molecular complexity index is 288. The largest absolute Gasteiger partial charge is 0.304 e. The zero-order valence-corrected chi connectivity index (χ0v) is 16.6. The van der Waals surface area contributed by atoms with Crippen LogP contribution in [0.2, 0.25) is 0 Å². The Kier molecular flexibility index (Phi) is 8.07. The van der Waals surface area contributed by atoms with Gasteiger partial charge in [-0.25, -0.2) is 0 Å². The Hall–Kier alpha value is -0.0749. The fourth-order valence-electron chi connectivity index (χ4n) is 1.66. The molecule has 1 rings (SSSR count). The van der Waals surface area contributed by atoms with E-state index < -0.39 is 5.92 Å². The number of carbonyl (C=O) groups is 2. The van der Waals surface area contributed by atoms with Crippen LogP contribution in [0.25, 0.3) is 0 Å². The van der Waals surface area contributed by atoms with Crippen LogP contribution in [0.15, 0.2) is 0 Å². The minimum absolute atomic E-state index is 0. The molecule has 0 aromatic rings. The van der Waals surface area contributed by atoms with Gasteiger partial charge in [0.15, 0.2) is 5.11 Å².